The van der Waals surface area contributed by atoms with Gasteiger partial charge in [0.2, 0.25) is 5.76 Å². The molecule has 4 rings (SSSR count). The minimum Gasteiger partial charge on any atom is -0.453 e. The van der Waals surface area contributed by atoms with Crippen molar-refractivity contribution < 1.29 is 18.7 Å². The molecule has 0 fully saturated rings. The number of halogens is 2. The number of aryl methyl sites for hydroxylation is 2. The summed E-state index contributed by atoms with van der Waals surface area (Å²) in [4.78, 5) is 25.2. The van der Waals surface area contributed by atoms with Crippen molar-refractivity contribution in [2.75, 3.05) is 0 Å². The van der Waals surface area contributed by atoms with Gasteiger partial charge in [0.05, 0.1) is 5.71 Å². The number of ether oxygens (including phenoxy) is 1. The van der Waals surface area contributed by atoms with Crippen molar-refractivity contribution in [1.29, 1.82) is 0 Å². The average molecular weight is 471 g/mol. The molecule has 0 unspecified atom stereocenters. The van der Waals surface area contributed by atoms with E-state index in [4.69, 9.17) is 32.4 Å². The fraction of sp³-hybridized carbons (Fsp3) is 0.208. The second-order valence-electron chi connectivity index (χ2n) is 7.52. The SMILES string of the molecule is Cc1cc(OC(=O)c2oc3c(c2C)/C(=N/NC(=O)c2cccc(Cl)c2)CCC3)ccc1Cl. The third-order valence-electron chi connectivity index (χ3n) is 5.23. The standard InChI is InChI=1S/C24H20Cl2N2O4/c1-13-11-17(9-10-18(13)26)31-24(30)22-14(2)21-19(7-4-8-20(21)32-22)27-28-23(29)15-5-3-6-16(25)12-15/h3,5-6,9-12H,4,7-8H2,1-2H3,(H,28,29)/b27-19+. The molecule has 8 heteroatoms. The number of rotatable bonds is 4. The van der Waals surface area contributed by atoms with Crippen LogP contribution in [-0.2, 0) is 6.42 Å². The summed E-state index contributed by atoms with van der Waals surface area (Å²) >= 11 is 12.0. The van der Waals surface area contributed by atoms with E-state index in [0.717, 1.165) is 17.5 Å². The Labute approximate surface area is 195 Å². The molecule has 2 aromatic carbocycles. The van der Waals surface area contributed by atoms with Crippen molar-refractivity contribution >= 4 is 40.8 Å². The molecule has 0 spiro atoms. The van der Waals surface area contributed by atoms with E-state index in [1.165, 1.54) is 0 Å². The van der Waals surface area contributed by atoms with Crippen molar-refractivity contribution in [2.45, 2.75) is 33.1 Å². The minimum atomic E-state index is -0.596. The molecule has 32 heavy (non-hydrogen) atoms. The number of nitrogens with zero attached hydrogens (tertiary/aromatic N) is 1. The predicted octanol–water partition coefficient (Wildman–Crippen LogP) is 5.89. The van der Waals surface area contributed by atoms with Crippen LogP contribution >= 0.6 is 23.2 Å². The monoisotopic (exact) mass is 470 g/mol. The first-order chi connectivity index (χ1) is 15.3. The summed E-state index contributed by atoms with van der Waals surface area (Å²) in [6.45, 7) is 3.61. The largest absolute Gasteiger partial charge is 0.453 e. The van der Waals surface area contributed by atoms with Gasteiger partial charge in [-0.05, 0) is 68.7 Å². The van der Waals surface area contributed by atoms with Gasteiger partial charge in [-0.2, -0.15) is 5.10 Å². The Hall–Kier alpha value is -3.09. The van der Waals surface area contributed by atoms with Crippen LogP contribution in [0.25, 0.3) is 0 Å². The zero-order chi connectivity index (χ0) is 22.8. The highest BCUT2D eigenvalue weighted by molar-refractivity contribution is 6.31. The second kappa shape index (κ2) is 9.18. The molecule has 1 aromatic heterocycles. The van der Waals surface area contributed by atoms with Gasteiger partial charge in [0.15, 0.2) is 0 Å². The summed E-state index contributed by atoms with van der Waals surface area (Å²) in [5.41, 5.74) is 5.81. The zero-order valence-corrected chi connectivity index (χ0v) is 19.0. The van der Waals surface area contributed by atoms with Crippen LogP contribution in [0, 0.1) is 13.8 Å². The first-order valence-electron chi connectivity index (χ1n) is 10.1. The number of furan rings is 1. The van der Waals surface area contributed by atoms with Crippen LogP contribution in [0.2, 0.25) is 10.0 Å². The topological polar surface area (TPSA) is 80.9 Å². The third-order valence-corrected chi connectivity index (χ3v) is 5.89. The Balaban J connectivity index is 1.57. The van der Waals surface area contributed by atoms with Crippen LogP contribution < -0.4 is 10.2 Å². The Morgan fingerprint density at radius 3 is 2.66 bits per heavy atom. The van der Waals surface area contributed by atoms with E-state index in [9.17, 15) is 9.59 Å². The lowest BCUT2D eigenvalue weighted by molar-refractivity contribution is 0.0698. The molecule has 3 aromatic rings. The molecular weight excluding hydrogens is 451 g/mol. The van der Waals surface area contributed by atoms with Crippen molar-refractivity contribution in [2.24, 2.45) is 5.10 Å². The maximum absolute atomic E-state index is 12.8. The normalized spacial score (nSPS) is 14.2. The number of hydrazone groups is 1. The molecule has 1 heterocycles. The number of amides is 1. The number of fused-ring (bicyclic) bond motifs is 1. The third kappa shape index (κ3) is 4.56. The van der Waals surface area contributed by atoms with Crippen LogP contribution in [0.4, 0.5) is 0 Å². The fourth-order valence-corrected chi connectivity index (χ4v) is 3.93. The molecule has 164 valence electrons. The number of carbonyl (C=O) groups is 2. The van der Waals surface area contributed by atoms with Gasteiger partial charge in [0, 0.05) is 33.2 Å². The van der Waals surface area contributed by atoms with Gasteiger partial charge >= 0.3 is 5.97 Å². The molecule has 0 aliphatic heterocycles. The fourth-order valence-electron chi connectivity index (χ4n) is 3.62. The molecule has 1 aliphatic rings. The summed E-state index contributed by atoms with van der Waals surface area (Å²) in [7, 11) is 0. The highest BCUT2D eigenvalue weighted by Gasteiger charge is 2.29. The maximum Gasteiger partial charge on any atom is 0.379 e. The number of hydrogen-bond acceptors (Lipinski definition) is 5. The summed E-state index contributed by atoms with van der Waals surface area (Å²) in [6, 6.07) is 11.6. The molecule has 0 radical (unpaired) electrons. The van der Waals surface area contributed by atoms with Crippen LogP contribution in [0.5, 0.6) is 5.75 Å². The highest BCUT2D eigenvalue weighted by atomic mass is 35.5. The molecule has 0 bridgehead atoms. The molecule has 0 atom stereocenters. The quantitative estimate of drug-likeness (QED) is 0.292. The van der Waals surface area contributed by atoms with E-state index in [0.29, 0.717) is 51.2 Å². The number of esters is 1. The van der Waals surface area contributed by atoms with Gasteiger partial charge in [-0.1, -0.05) is 29.3 Å². The first kappa shape index (κ1) is 22.1. The van der Waals surface area contributed by atoms with Gasteiger partial charge in [-0.15, -0.1) is 0 Å². The molecular formula is C24H20Cl2N2O4. The Morgan fingerprint density at radius 2 is 1.91 bits per heavy atom. The van der Waals surface area contributed by atoms with Crippen molar-refractivity contribution in [1.82, 2.24) is 5.43 Å². The summed E-state index contributed by atoms with van der Waals surface area (Å²) in [6.07, 6.45) is 2.11. The van der Waals surface area contributed by atoms with Crippen molar-refractivity contribution in [3.8, 4) is 5.75 Å². The van der Waals surface area contributed by atoms with Gasteiger partial charge in [0.1, 0.15) is 11.5 Å². The zero-order valence-electron chi connectivity index (χ0n) is 17.5. The average Bonchev–Trinajstić information content (AvgIpc) is 3.12. The lowest BCUT2D eigenvalue weighted by atomic mass is 9.93. The Morgan fingerprint density at radius 1 is 1.09 bits per heavy atom. The molecule has 1 amide bonds. The predicted molar refractivity (Wildman–Crippen MR) is 123 cm³/mol. The van der Waals surface area contributed by atoms with Crippen molar-refractivity contribution in [3.05, 3.63) is 86.3 Å². The summed E-state index contributed by atoms with van der Waals surface area (Å²) < 4.78 is 11.3. The van der Waals surface area contributed by atoms with Gasteiger partial charge < -0.3 is 9.15 Å². The maximum atomic E-state index is 12.8. The van der Waals surface area contributed by atoms with Crippen LogP contribution in [0.3, 0.4) is 0 Å². The van der Waals surface area contributed by atoms with Crippen LogP contribution in [0.15, 0.2) is 52.0 Å². The molecule has 1 aliphatic carbocycles. The van der Waals surface area contributed by atoms with E-state index in [2.05, 4.69) is 10.5 Å². The van der Waals surface area contributed by atoms with E-state index < -0.39 is 5.97 Å². The van der Waals surface area contributed by atoms with E-state index in [1.54, 1.807) is 49.4 Å². The van der Waals surface area contributed by atoms with Gasteiger partial charge in [-0.25, -0.2) is 10.2 Å². The first-order valence-corrected chi connectivity index (χ1v) is 10.8. The number of hydrogen-bond donors (Lipinski definition) is 1. The molecule has 6 nitrogen and oxygen atoms in total. The van der Waals surface area contributed by atoms with E-state index in [1.807, 2.05) is 6.92 Å². The lowest BCUT2D eigenvalue weighted by Crippen LogP contribution is -2.22. The summed E-state index contributed by atoms with van der Waals surface area (Å²) in [5, 5.41) is 5.38. The van der Waals surface area contributed by atoms with Gasteiger partial charge in [0.25, 0.3) is 5.91 Å². The summed E-state index contributed by atoms with van der Waals surface area (Å²) in [5.74, 6) is 0.197. The van der Waals surface area contributed by atoms with Gasteiger partial charge in [-0.3, -0.25) is 4.79 Å². The van der Waals surface area contributed by atoms with Crippen molar-refractivity contribution in [3.63, 3.8) is 0 Å². The number of nitrogens with one attached hydrogen (secondary N) is 1. The minimum absolute atomic E-state index is 0.123. The number of carbonyl (C=O) groups excluding carboxylic acids is 2. The highest BCUT2D eigenvalue weighted by Crippen LogP contribution is 2.31. The van der Waals surface area contributed by atoms with E-state index in [-0.39, 0.29) is 11.7 Å². The smallest absolute Gasteiger partial charge is 0.379 e. The van der Waals surface area contributed by atoms with E-state index >= 15 is 0 Å². The Kier molecular flexibility index (Phi) is 6.35. The van der Waals surface area contributed by atoms with Crippen LogP contribution in [-0.4, -0.2) is 17.6 Å². The molecule has 0 saturated heterocycles. The number of benzene rings is 2. The van der Waals surface area contributed by atoms with Crippen LogP contribution in [0.1, 0.15) is 56.2 Å². The Bertz CT molecular complexity index is 1250. The molecule has 1 N–H and O–H groups in total. The second-order valence-corrected chi connectivity index (χ2v) is 8.36. The lowest BCUT2D eigenvalue weighted by Gasteiger charge is -2.13. The molecule has 0 saturated carbocycles.